The maximum atomic E-state index is 12.8. The fourth-order valence-electron chi connectivity index (χ4n) is 8.99. The molecular formula is C49H68ClN8O9S2+. The molecule has 0 aliphatic carbocycles. The van der Waals surface area contributed by atoms with Gasteiger partial charge in [-0.3, -0.25) is 18.7 Å². The van der Waals surface area contributed by atoms with Crippen molar-refractivity contribution in [3.63, 3.8) is 0 Å². The van der Waals surface area contributed by atoms with Gasteiger partial charge in [0.25, 0.3) is 20.2 Å². The van der Waals surface area contributed by atoms with Gasteiger partial charge in [-0.25, -0.2) is 0 Å². The molecule has 1 atom stereocenters. The van der Waals surface area contributed by atoms with E-state index in [1.165, 1.54) is 29.1 Å². The minimum absolute atomic E-state index is 0.00195. The van der Waals surface area contributed by atoms with Crippen LogP contribution in [-0.2, 0) is 40.7 Å². The van der Waals surface area contributed by atoms with E-state index in [1.807, 2.05) is 43.1 Å². The van der Waals surface area contributed by atoms with Gasteiger partial charge >= 0.3 is 5.97 Å². The van der Waals surface area contributed by atoms with Gasteiger partial charge in [-0.15, -0.1) is 0 Å². The van der Waals surface area contributed by atoms with Crippen LogP contribution in [0.15, 0.2) is 83.4 Å². The molecule has 3 heterocycles. The molecule has 2 aliphatic heterocycles. The van der Waals surface area contributed by atoms with E-state index in [1.54, 1.807) is 6.07 Å². The Morgan fingerprint density at radius 1 is 0.797 bits per heavy atom. The fourth-order valence-corrected chi connectivity index (χ4v) is 10.1. The van der Waals surface area contributed by atoms with Gasteiger partial charge in [0.2, 0.25) is 28.8 Å². The van der Waals surface area contributed by atoms with E-state index in [2.05, 4.69) is 79.7 Å². The number of aliphatic carboxylic acids is 1. The number of anilines is 3. The summed E-state index contributed by atoms with van der Waals surface area (Å²) in [5.41, 5.74) is 4.83. The minimum Gasteiger partial charge on any atom is -0.481 e. The van der Waals surface area contributed by atoms with Crippen molar-refractivity contribution in [1.82, 2.24) is 20.3 Å². The molecule has 2 aliphatic rings. The molecule has 5 rings (SSSR count). The summed E-state index contributed by atoms with van der Waals surface area (Å²) in [5.74, 6) is -0.567. The van der Waals surface area contributed by atoms with E-state index >= 15 is 0 Å². The topological polar surface area (TPSA) is 244 Å². The summed E-state index contributed by atoms with van der Waals surface area (Å²) >= 11 is 6.09. The predicted octanol–water partition coefficient (Wildman–Crippen LogP) is 8.63. The summed E-state index contributed by atoms with van der Waals surface area (Å²) in [5, 5.41) is 18.1. The lowest BCUT2D eigenvalue weighted by molar-refractivity contribution is -0.438. The lowest BCUT2D eigenvalue weighted by Gasteiger charge is -2.27. The highest BCUT2D eigenvalue weighted by atomic mass is 35.5. The number of allylic oxidation sites excluding steroid dienone is 6. The maximum Gasteiger partial charge on any atom is 0.303 e. The molecule has 1 aromatic heterocycles. The van der Waals surface area contributed by atoms with Crippen LogP contribution >= 0.6 is 11.6 Å². The zero-order chi connectivity index (χ0) is 50.2. The van der Waals surface area contributed by atoms with Gasteiger partial charge in [-0.2, -0.15) is 36.4 Å². The Bertz CT molecular complexity index is 2640. The third-order valence-electron chi connectivity index (χ3n) is 12.6. The van der Waals surface area contributed by atoms with Crippen molar-refractivity contribution in [1.29, 1.82) is 0 Å². The molecule has 1 unspecified atom stereocenters. The SMILES string of the molecule is CCCC[N+]1=C(/C=C/C=C/C=C2/N(CCCS(=O)(=O)O)c3ccc(S(=O)(=O)O)cc3C2(C)C)C(C)(CCCCCC(=O)NCCCNc2nc(Cl)nc(NCCCCCC(=O)O)n2)c2ccccc21. The lowest BCUT2D eigenvalue weighted by atomic mass is 9.75. The molecule has 0 fully saturated rings. The van der Waals surface area contributed by atoms with Crippen molar-refractivity contribution in [3.8, 4) is 0 Å². The number of carbonyl (C=O) groups excluding carboxylic acids is 1. The van der Waals surface area contributed by atoms with E-state index in [9.17, 15) is 35.5 Å². The van der Waals surface area contributed by atoms with Gasteiger partial charge in [-0.1, -0.05) is 82.9 Å². The number of nitrogens with one attached hydrogen (secondary N) is 3. The first-order chi connectivity index (χ1) is 32.7. The molecule has 6 N–H and O–H groups in total. The number of hydrogen-bond donors (Lipinski definition) is 6. The Kier molecular flexibility index (Phi) is 19.9. The molecule has 1 amide bonds. The number of rotatable bonds is 29. The Morgan fingerprint density at radius 3 is 2.19 bits per heavy atom. The number of para-hydroxylation sites is 1. The molecule has 0 bridgehead atoms. The minimum atomic E-state index is -4.46. The number of carboxylic acid groups (broad SMARTS) is 1. The molecule has 2 aromatic carbocycles. The molecule has 0 spiro atoms. The number of nitrogens with zero attached hydrogens (tertiary/aromatic N) is 5. The number of aromatic nitrogens is 3. The average Bonchev–Trinajstić information content (AvgIpc) is 3.64. The average molecular weight is 1010 g/mol. The first-order valence-corrected chi connectivity index (χ1v) is 27.2. The predicted molar refractivity (Wildman–Crippen MR) is 271 cm³/mol. The fraction of sp³-hybridized carbons (Fsp3) is 0.510. The highest BCUT2D eigenvalue weighted by Gasteiger charge is 2.47. The van der Waals surface area contributed by atoms with Crippen LogP contribution in [0, 0.1) is 0 Å². The van der Waals surface area contributed by atoms with Crippen LogP contribution in [0.1, 0.15) is 122 Å². The van der Waals surface area contributed by atoms with E-state index in [0.29, 0.717) is 62.0 Å². The Morgan fingerprint density at radius 2 is 1.49 bits per heavy atom. The Balaban J connectivity index is 1.17. The summed E-state index contributed by atoms with van der Waals surface area (Å²) in [6.45, 7) is 11.1. The molecule has 17 nitrogen and oxygen atoms in total. The van der Waals surface area contributed by atoms with Crippen LogP contribution in [0.2, 0.25) is 5.28 Å². The molecule has 20 heteroatoms. The normalized spacial score (nSPS) is 17.3. The third kappa shape index (κ3) is 15.6. The van der Waals surface area contributed by atoms with Crippen molar-refractivity contribution < 1.29 is 45.2 Å². The van der Waals surface area contributed by atoms with Crippen LogP contribution in [0.25, 0.3) is 0 Å². The van der Waals surface area contributed by atoms with Crippen LogP contribution in [0.4, 0.5) is 23.3 Å². The number of amides is 1. The lowest BCUT2D eigenvalue weighted by Crippen LogP contribution is -2.31. The molecule has 69 heavy (non-hydrogen) atoms. The monoisotopic (exact) mass is 1010 g/mol. The number of benzene rings is 2. The van der Waals surface area contributed by atoms with Crippen molar-refractivity contribution in [2.75, 3.05) is 54.0 Å². The van der Waals surface area contributed by atoms with Gasteiger partial charge in [-0.05, 0) is 86.9 Å². The van der Waals surface area contributed by atoms with Crippen molar-refractivity contribution in [2.45, 2.75) is 127 Å². The number of halogens is 1. The number of fused-ring (bicyclic) bond motifs is 2. The second-order valence-electron chi connectivity index (χ2n) is 18.2. The first kappa shape index (κ1) is 54.7. The smallest absolute Gasteiger partial charge is 0.303 e. The zero-order valence-electron chi connectivity index (χ0n) is 40.1. The summed E-state index contributed by atoms with van der Waals surface area (Å²) < 4.78 is 68.9. The molecule has 0 radical (unpaired) electrons. The Labute approximate surface area is 412 Å². The summed E-state index contributed by atoms with van der Waals surface area (Å²) in [6, 6.07) is 12.9. The van der Waals surface area contributed by atoms with Crippen LogP contribution < -0.4 is 20.9 Å². The summed E-state index contributed by atoms with van der Waals surface area (Å²) in [7, 11) is -8.65. The highest BCUT2D eigenvalue weighted by molar-refractivity contribution is 7.86. The largest absolute Gasteiger partial charge is 0.481 e. The molecular weight excluding hydrogens is 944 g/mol. The van der Waals surface area contributed by atoms with Crippen molar-refractivity contribution in [3.05, 3.63) is 95.0 Å². The number of carbonyl (C=O) groups is 2. The zero-order valence-corrected chi connectivity index (χ0v) is 42.5. The number of hydrogen-bond acceptors (Lipinski definition) is 12. The molecule has 0 saturated carbocycles. The summed E-state index contributed by atoms with van der Waals surface area (Å²) in [6.07, 6.45) is 19.0. The second kappa shape index (κ2) is 25.1. The third-order valence-corrected chi connectivity index (χ3v) is 14.4. The summed E-state index contributed by atoms with van der Waals surface area (Å²) in [4.78, 5) is 37.7. The molecule has 3 aromatic rings. The van der Waals surface area contributed by atoms with Gasteiger partial charge in [0.15, 0.2) is 5.71 Å². The van der Waals surface area contributed by atoms with E-state index in [0.717, 1.165) is 63.6 Å². The van der Waals surface area contributed by atoms with E-state index in [4.69, 9.17) is 16.7 Å². The highest BCUT2D eigenvalue weighted by Crippen LogP contribution is 2.49. The van der Waals surface area contributed by atoms with Crippen LogP contribution in [-0.4, -0.2) is 107 Å². The Hall–Kier alpha value is -5.21. The van der Waals surface area contributed by atoms with Crippen molar-refractivity contribution >= 4 is 72.7 Å². The van der Waals surface area contributed by atoms with Crippen LogP contribution in [0.3, 0.4) is 0 Å². The van der Waals surface area contributed by atoms with E-state index in [-0.39, 0.29) is 40.9 Å². The first-order valence-electron chi connectivity index (χ1n) is 23.8. The quantitative estimate of drug-likeness (QED) is 0.0165. The second-order valence-corrected chi connectivity index (χ2v) is 21.5. The standard InChI is InChI=1S/C49H67ClN8O9S2/c1-5-6-32-58-39-21-15-14-20-37(39)49(4,28-16-8-12-24-43(59)51-30-18-31-53-47-55-45(50)54-46(56-47)52-29-17-9-13-25-44(60)61)42(58)23-11-7-10-22-41-48(2,3)38-35-36(69(65,66)67)26-27-40(38)57(41)33-19-34-68(62,63)64/h7,10-11,14-15,20-23,26-27,35H,5-6,8-9,12-13,16-19,24-25,28-34H2,1-4H3,(H5-,51,52,53,54,55,56,59,60,61,62,63,64,65,66,67)/p+1. The maximum absolute atomic E-state index is 12.8. The van der Waals surface area contributed by atoms with E-state index < -0.39 is 37.4 Å². The number of unbranched alkanes of at least 4 members (excludes halogenated alkanes) is 5. The molecule has 376 valence electrons. The molecule has 0 saturated heterocycles. The van der Waals surface area contributed by atoms with Crippen LogP contribution in [0.5, 0.6) is 0 Å². The van der Waals surface area contributed by atoms with Gasteiger partial charge in [0, 0.05) is 79.9 Å². The van der Waals surface area contributed by atoms with Gasteiger partial charge in [0.05, 0.1) is 16.1 Å². The van der Waals surface area contributed by atoms with Gasteiger partial charge in [0.1, 0.15) is 6.54 Å². The van der Waals surface area contributed by atoms with Crippen molar-refractivity contribution in [2.24, 2.45) is 0 Å². The van der Waals surface area contributed by atoms with Gasteiger partial charge < -0.3 is 26.0 Å². The number of carboxylic acids is 1.